The van der Waals surface area contributed by atoms with Gasteiger partial charge in [0.1, 0.15) is 23.6 Å². The van der Waals surface area contributed by atoms with Crippen molar-refractivity contribution in [2.24, 2.45) is 0 Å². The molecule has 0 amide bonds. The molecule has 1 atom stereocenters. The van der Waals surface area contributed by atoms with Crippen molar-refractivity contribution in [1.29, 1.82) is 0 Å². The summed E-state index contributed by atoms with van der Waals surface area (Å²) < 4.78 is 15.2. The number of aliphatic hydroxyl groups excluding tert-OH is 1. The van der Waals surface area contributed by atoms with Crippen LogP contribution in [0.15, 0.2) is 67.1 Å². The highest BCUT2D eigenvalue weighted by Crippen LogP contribution is 2.30. The summed E-state index contributed by atoms with van der Waals surface area (Å²) in [6.45, 7) is 2.07. The van der Waals surface area contributed by atoms with Gasteiger partial charge in [0.25, 0.3) is 0 Å². The van der Waals surface area contributed by atoms with Crippen molar-refractivity contribution in [3.05, 3.63) is 78.5 Å². The molecule has 0 radical (unpaired) electrons. The molecule has 1 aromatic carbocycles. The smallest absolute Gasteiger partial charge is 0.128 e. The van der Waals surface area contributed by atoms with Gasteiger partial charge in [-0.1, -0.05) is 5.21 Å². The summed E-state index contributed by atoms with van der Waals surface area (Å²) in [5.74, 6) is 0.267. The van der Waals surface area contributed by atoms with E-state index >= 15 is 0 Å². The number of nitrogens with zero attached hydrogens (tertiary/aromatic N) is 5. The number of aromatic nitrogens is 5. The minimum absolute atomic E-state index is 0.304. The third-order valence-corrected chi connectivity index (χ3v) is 4.32. The zero-order chi connectivity index (χ0) is 20.2. The SMILES string of the molecule is CC(O)Nc1cc(Cn2nnc(-c3ccc(F)cc3)c2-c2ccncc2)ccn1. The standard InChI is InChI=1S/C21H19FN6O/c1-14(29)25-19-12-15(6-11-24-19)13-28-21(17-7-9-23-10-8-17)20(26-27-28)16-2-4-18(22)5-3-16/h2-12,14,29H,13H2,1H3,(H,24,25). The van der Waals surface area contributed by atoms with Gasteiger partial charge >= 0.3 is 0 Å². The summed E-state index contributed by atoms with van der Waals surface area (Å²) in [7, 11) is 0. The Bertz CT molecular complexity index is 1100. The number of aliphatic hydroxyl groups is 1. The lowest BCUT2D eigenvalue weighted by Crippen LogP contribution is -2.14. The average Bonchev–Trinajstić information content (AvgIpc) is 3.12. The number of halogens is 1. The maximum atomic E-state index is 13.4. The van der Waals surface area contributed by atoms with Crippen LogP contribution in [0.4, 0.5) is 10.2 Å². The fourth-order valence-corrected chi connectivity index (χ4v) is 3.06. The fraction of sp³-hybridized carbons (Fsp3) is 0.143. The summed E-state index contributed by atoms with van der Waals surface area (Å²) in [6, 6.07) is 13.7. The second kappa shape index (κ2) is 8.15. The van der Waals surface area contributed by atoms with Gasteiger partial charge in [-0.15, -0.1) is 5.10 Å². The van der Waals surface area contributed by atoms with Crippen LogP contribution < -0.4 is 5.32 Å². The lowest BCUT2D eigenvalue weighted by atomic mass is 10.1. The van der Waals surface area contributed by atoms with Crippen LogP contribution in [0, 0.1) is 5.82 Å². The summed E-state index contributed by atoms with van der Waals surface area (Å²) >= 11 is 0. The Morgan fingerprint density at radius 2 is 1.79 bits per heavy atom. The Hall–Kier alpha value is -3.65. The molecular formula is C21H19FN6O. The molecule has 4 aromatic rings. The van der Waals surface area contributed by atoms with Crippen LogP contribution in [0.5, 0.6) is 0 Å². The van der Waals surface area contributed by atoms with Crippen molar-refractivity contribution in [2.75, 3.05) is 5.32 Å². The van der Waals surface area contributed by atoms with E-state index in [1.807, 2.05) is 24.3 Å². The van der Waals surface area contributed by atoms with E-state index in [4.69, 9.17) is 0 Å². The van der Waals surface area contributed by atoms with E-state index in [2.05, 4.69) is 25.6 Å². The predicted octanol–water partition coefficient (Wildman–Crippen LogP) is 3.34. The molecular weight excluding hydrogens is 371 g/mol. The molecule has 7 nitrogen and oxygen atoms in total. The maximum absolute atomic E-state index is 13.4. The summed E-state index contributed by atoms with van der Waals surface area (Å²) in [4.78, 5) is 8.28. The molecule has 146 valence electrons. The molecule has 2 N–H and O–H groups in total. The van der Waals surface area contributed by atoms with Gasteiger partial charge in [-0.2, -0.15) is 0 Å². The largest absolute Gasteiger partial charge is 0.374 e. The molecule has 3 heterocycles. The van der Waals surface area contributed by atoms with E-state index in [-0.39, 0.29) is 5.82 Å². The minimum atomic E-state index is -0.707. The first-order valence-electron chi connectivity index (χ1n) is 9.09. The number of benzene rings is 1. The second-order valence-electron chi connectivity index (χ2n) is 6.56. The first-order valence-corrected chi connectivity index (χ1v) is 9.09. The van der Waals surface area contributed by atoms with Crippen LogP contribution in [0.25, 0.3) is 22.5 Å². The van der Waals surface area contributed by atoms with Gasteiger partial charge in [0, 0.05) is 29.7 Å². The fourth-order valence-electron chi connectivity index (χ4n) is 3.06. The number of rotatable bonds is 6. The van der Waals surface area contributed by atoms with E-state index in [1.165, 1.54) is 12.1 Å². The van der Waals surface area contributed by atoms with Crippen LogP contribution in [-0.4, -0.2) is 36.3 Å². The Morgan fingerprint density at radius 1 is 1.03 bits per heavy atom. The first kappa shape index (κ1) is 18.7. The second-order valence-corrected chi connectivity index (χ2v) is 6.56. The molecule has 0 saturated heterocycles. The van der Waals surface area contributed by atoms with Crippen LogP contribution in [0.3, 0.4) is 0 Å². The molecule has 3 aromatic heterocycles. The Labute approximate surface area is 166 Å². The van der Waals surface area contributed by atoms with Gasteiger partial charge in [-0.25, -0.2) is 14.1 Å². The van der Waals surface area contributed by atoms with Crippen molar-refractivity contribution in [1.82, 2.24) is 25.0 Å². The average molecular weight is 390 g/mol. The Balaban J connectivity index is 1.75. The van der Waals surface area contributed by atoms with Crippen LogP contribution in [0.2, 0.25) is 0 Å². The summed E-state index contributed by atoms with van der Waals surface area (Å²) in [6.07, 6.45) is 4.38. The first-order chi connectivity index (χ1) is 14.1. The Morgan fingerprint density at radius 3 is 2.52 bits per heavy atom. The molecule has 1 unspecified atom stereocenters. The van der Waals surface area contributed by atoms with Gasteiger partial charge in [0.05, 0.1) is 12.2 Å². The van der Waals surface area contributed by atoms with Gasteiger partial charge in [-0.05, 0) is 61.0 Å². The highest BCUT2D eigenvalue weighted by Gasteiger charge is 2.17. The lowest BCUT2D eigenvalue weighted by Gasteiger charge is -2.11. The number of anilines is 1. The van der Waals surface area contributed by atoms with Crippen molar-refractivity contribution in [3.8, 4) is 22.5 Å². The number of hydrogen-bond donors (Lipinski definition) is 2. The van der Waals surface area contributed by atoms with Crippen molar-refractivity contribution < 1.29 is 9.50 Å². The monoisotopic (exact) mass is 390 g/mol. The van der Waals surface area contributed by atoms with Gasteiger partial charge < -0.3 is 10.4 Å². The van der Waals surface area contributed by atoms with Crippen molar-refractivity contribution in [2.45, 2.75) is 19.7 Å². The van der Waals surface area contributed by atoms with Gasteiger partial charge in [0.2, 0.25) is 0 Å². The van der Waals surface area contributed by atoms with Crippen LogP contribution >= 0.6 is 0 Å². The third-order valence-electron chi connectivity index (χ3n) is 4.32. The molecule has 8 heteroatoms. The van der Waals surface area contributed by atoms with E-state index in [1.54, 1.807) is 42.3 Å². The predicted molar refractivity (Wildman–Crippen MR) is 107 cm³/mol. The highest BCUT2D eigenvalue weighted by atomic mass is 19.1. The molecule has 29 heavy (non-hydrogen) atoms. The Kier molecular flexibility index (Phi) is 5.26. The molecule has 0 aliphatic carbocycles. The maximum Gasteiger partial charge on any atom is 0.128 e. The summed E-state index contributed by atoms with van der Waals surface area (Å²) in [5.41, 5.74) is 4.08. The number of hydrogen-bond acceptors (Lipinski definition) is 6. The van der Waals surface area contributed by atoms with E-state index in [0.29, 0.717) is 18.1 Å². The zero-order valence-corrected chi connectivity index (χ0v) is 15.7. The molecule has 0 spiro atoms. The van der Waals surface area contributed by atoms with Crippen LogP contribution in [-0.2, 0) is 6.54 Å². The minimum Gasteiger partial charge on any atom is -0.374 e. The molecule has 0 aliphatic heterocycles. The third kappa shape index (κ3) is 4.27. The molecule has 0 aliphatic rings. The molecule has 0 fully saturated rings. The highest BCUT2D eigenvalue weighted by molar-refractivity contribution is 5.77. The quantitative estimate of drug-likeness (QED) is 0.491. The lowest BCUT2D eigenvalue weighted by molar-refractivity contribution is 0.224. The van der Waals surface area contributed by atoms with Crippen LogP contribution in [0.1, 0.15) is 12.5 Å². The normalized spacial score (nSPS) is 12.0. The number of nitrogens with one attached hydrogen (secondary N) is 1. The van der Waals surface area contributed by atoms with Gasteiger partial charge in [0.15, 0.2) is 0 Å². The number of pyridine rings is 2. The molecule has 0 bridgehead atoms. The van der Waals surface area contributed by atoms with Crippen molar-refractivity contribution >= 4 is 5.82 Å². The van der Waals surface area contributed by atoms with Gasteiger partial charge in [-0.3, -0.25) is 4.98 Å². The molecule has 4 rings (SSSR count). The topological polar surface area (TPSA) is 88.8 Å². The zero-order valence-electron chi connectivity index (χ0n) is 15.7. The molecule has 0 saturated carbocycles. The van der Waals surface area contributed by atoms with E-state index in [9.17, 15) is 9.50 Å². The van der Waals surface area contributed by atoms with Crippen molar-refractivity contribution in [3.63, 3.8) is 0 Å². The van der Waals surface area contributed by atoms with E-state index < -0.39 is 6.23 Å². The summed E-state index contributed by atoms with van der Waals surface area (Å²) in [5, 5.41) is 21.1. The van der Waals surface area contributed by atoms with E-state index in [0.717, 1.165) is 22.4 Å².